The number of nitrogens with zero attached hydrogens (tertiary/aromatic N) is 5. The van der Waals surface area contributed by atoms with E-state index < -0.39 is 0 Å². The van der Waals surface area contributed by atoms with Crippen LogP contribution in [0.15, 0.2) is 47.0 Å². The molecule has 4 aromatic heterocycles. The number of aromatic nitrogens is 5. The van der Waals surface area contributed by atoms with Crippen LogP contribution >= 0.6 is 0 Å². The fraction of sp³-hybridized carbons (Fsp3) is 0.333. The van der Waals surface area contributed by atoms with E-state index in [-0.39, 0.29) is 11.9 Å². The molecule has 35 heavy (non-hydrogen) atoms. The molecule has 0 radical (unpaired) electrons. The van der Waals surface area contributed by atoms with E-state index in [2.05, 4.69) is 39.9 Å². The number of rotatable bonds is 7. The Balaban J connectivity index is 1.39. The van der Waals surface area contributed by atoms with Gasteiger partial charge in [0.05, 0.1) is 33.9 Å². The molecule has 5 rings (SSSR count). The third-order valence-electron chi connectivity index (χ3n) is 6.31. The maximum Gasteiger partial charge on any atom is 0.252 e. The van der Waals surface area contributed by atoms with Crippen molar-refractivity contribution in [3.05, 3.63) is 65.5 Å². The number of fused-ring (bicyclic) bond motifs is 2. The predicted octanol–water partition coefficient (Wildman–Crippen LogP) is 5.37. The van der Waals surface area contributed by atoms with Crippen LogP contribution in [0.25, 0.3) is 33.3 Å². The van der Waals surface area contributed by atoms with Crippen molar-refractivity contribution in [1.29, 1.82) is 0 Å². The van der Waals surface area contributed by atoms with Crippen LogP contribution in [-0.2, 0) is 6.54 Å². The molecule has 180 valence electrons. The largest absolute Gasteiger partial charge is 0.466 e. The van der Waals surface area contributed by atoms with Crippen molar-refractivity contribution in [2.75, 3.05) is 6.54 Å². The van der Waals surface area contributed by atoms with Gasteiger partial charge in [0.2, 0.25) is 0 Å². The SMILES string of the molecule is Cc1cc(-c2cc(C(=O)NCCCn3c(C)nc4ccccc43)c3cnn(C(C)C)c3n2)c(C)o1. The third kappa shape index (κ3) is 4.20. The number of carbonyl (C=O) groups excluding carboxylic acids is 1. The molecule has 0 aliphatic rings. The Kier molecular flexibility index (Phi) is 5.88. The fourth-order valence-electron chi connectivity index (χ4n) is 4.62. The number of pyridine rings is 1. The summed E-state index contributed by atoms with van der Waals surface area (Å²) >= 11 is 0. The van der Waals surface area contributed by atoms with Crippen LogP contribution < -0.4 is 5.32 Å². The van der Waals surface area contributed by atoms with Crippen LogP contribution in [0.3, 0.4) is 0 Å². The van der Waals surface area contributed by atoms with Crippen molar-refractivity contribution in [2.45, 2.75) is 53.6 Å². The van der Waals surface area contributed by atoms with E-state index in [1.165, 1.54) is 0 Å². The number of hydrogen-bond donors (Lipinski definition) is 1. The maximum absolute atomic E-state index is 13.3. The van der Waals surface area contributed by atoms with Gasteiger partial charge in [0, 0.05) is 24.7 Å². The van der Waals surface area contributed by atoms with Gasteiger partial charge in [-0.3, -0.25) is 4.79 Å². The Labute approximate surface area is 204 Å². The molecule has 0 saturated carbocycles. The first kappa shape index (κ1) is 22.8. The van der Waals surface area contributed by atoms with Crippen molar-refractivity contribution in [1.82, 2.24) is 29.6 Å². The lowest BCUT2D eigenvalue weighted by molar-refractivity contribution is 0.0954. The highest BCUT2D eigenvalue weighted by Gasteiger charge is 2.20. The van der Waals surface area contributed by atoms with E-state index in [0.717, 1.165) is 52.3 Å². The lowest BCUT2D eigenvalue weighted by Gasteiger charge is -2.11. The summed E-state index contributed by atoms with van der Waals surface area (Å²) in [5.74, 6) is 2.43. The van der Waals surface area contributed by atoms with Gasteiger partial charge in [0.1, 0.15) is 17.3 Å². The van der Waals surface area contributed by atoms with E-state index >= 15 is 0 Å². The summed E-state index contributed by atoms with van der Waals surface area (Å²) in [5, 5.41) is 8.35. The van der Waals surface area contributed by atoms with E-state index in [1.807, 2.05) is 55.8 Å². The molecule has 1 N–H and O–H groups in total. The molecular formula is C27H30N6O2. The maximum atomic E-state index is 13.3. The van der Waals surface area contributed by atoms with Gasteiger partial charge in [-0.25, -0.2) is 14.6 Å². The quantitative estimate of drug-likeness (QED) is 0.323. The summed E-state index contributed by atoms with van der Waals surface area (Å²) in [5.41, 5.74) is 4.97. The number of amides is 1. The lowest BCUT2D eigenvalue weighted by Crippen LogP contribution is -2.25. The fourth-order valence-corrected chi connectivity index (χ4v) is 4.62. The van der Waals surface area contributed by atoms with Gasteiger partial charge in [-0.2, -0.15) is 5.10 Å². The second-order valence-electron chi connectivity index (χ2n) is 9.21. The summed E-state index contributed by atoms with van der Waals surface area (Å²) in [6.45, 7) is 11.3. The summed E-state index contributed by atoms with van der Waals surface area (Å²) < 4.78 is 9.77. The van der Waals surface area contributed by atoms with Crippen LogP contribution in [-0.4, -0.2) is 36.8 Å². The second kappa shape index (κ2) is 9.02. The van der Waals surface area contributed by atoms with Gasteiger partial charge in [0.15, 0.2) is 5.65 Å². The highest BCUT2D eigenvalue weighted by atomic mass is 16.3. The molecule has 8 heteroatoms. The van der Waals surface area contributed by atoms with E-state index in [1.54, 1.807) is 6.20 Å². The van der Waals surface area contributed by atoms with Crippen LogP contribution in [0.4, 0.5) is 0 Å². The molecule has 1 amide bonds. The summed E-state index contributed by atoms with van der Waals surface area (Å²) in [7, 11) is 0. The van der Waals surface area contributed by atoms with Crippen molar-refractivity contribution in [3.8, 4) is 11.3 Å². The zero-order valence-corrected chi connectivity index (χ0v) is 20.8. The van der Waals surface area contributed by atoms with Crippen LogP contribution in [0, 0.1) is 20.8 Å². The standard InChI is InChI=1S/C27H30N6O2/c1-16(2)33-26-22(15-29-33)21(14-24(31-26)20-13-17(3)35-18(20)4)27(34)28-11-8-12-32-19(5)30-23-9-6-7-10-25(23)32/h6-7,9-10,13-16H,8,11-12H2,1-5H3,(H,28,34). The Bertz CT molecular complexity index is 1540. The number of hydrogen-bond acceptors (Lipinski definition) is 5. The molecule has 0 spiro atoms. The number of para-hydroxylation sites is 2. The zero-order chi connectivity index (χ0) is 24.7. The molecule has 5 aromatic rings. The predicted molar refractivity (Wildman–Crippen MR) is 137 cm³/mol. The molecule has 0 aliphatic heterocycles. The minimum Gasteiger partial charge on any atom is -0.466 e. The lowest BCUT2D eigenvalue weighted by atomic mass is 10.1. The van der Waals surface area contributed by atoms with Crippen molar-refractivity contribution >= 4 is 28.0 Å². The first-order chi connectivity index (χ1) is 16.8. The molecule has 1 aromatic carbocycles. The Morgan fingerprint density at radius 2 is 1.91 bits per heavy atom. The number of carbonyl (C=O) groups is 1. The minimum atomic E-state index is -0.132. The Morgan fingerprint density at radius 3 is 2.66 bits per heavy atom. The minimum absolute atomic E-state index is 0.117. The normalized spacial score (nSPS) is 11.7. The van der Waals surface area contributed by atoms with E-state index in [4.69, 9.17) is 9.40 Å². The highest BCUT2D eigenvalue weighted by molar-refractivity contribution is 6.06. The highest BCUT2D eigenvalue weighted by Crippen LogP contribution is 2.30. The first-order valence-corrected chi connectivity index (χ1v) is 12.0. The average Bonchev–Trinajstić information content (AvgIpc) is 3.50. The van der Waals surface area contributed by atoms with Crippen LogP contribution in [0.5, 0.6) is 0 Å². The molecular weight excluding hydrogens is 440 g/mol. The number of imidazole rings is 1. The van der Waals surface area contributed by atoms with Gasteiger partial charge in [-0.1, -0.05) is 12.1 Å². The number of aryl methyl sites for hydroxylation is 4. The van der Waals surface area contributed by atoms with Crippen molar-refractivity contribution < 1.29 is 9.21 Å². The van der Waals surface area contributed by atoms with Gasteiger partial charge in [-0.05, 0) is 65.3 Å². The van der Waals surface area contributed by atoms with Crippen molar-refractivity contribution in [2.24, 2.45) is 0 Å². The van der Waals surface area contributed by atoms with E-state index in [0.29, 0.717) is 23.4 Å². The molecule has 0 fully saturated rings. The molecule has 0 aliphatic carbocycles. The topological polar surface area (TPSA) is 90.8 Å². The number of benzene rings is 1. The van der Waals surface area contributed by atoms with Crippen molar-refractivity contribution in [3.63, 3.8) is 0 Å². The molecule has 0 saturated heterocycles. The van der Waals surface area contributed by atoms with E-state index in [9.17, 15) is 4.79 Å². The molecule has 0 bridgehead atoms. The number of nitrogens with one attached hydrogen (secondary N) is 1. The van der Waals surface area contributed by atoms with Gasteiger partial charge in [-0.15, -0.1) is 0 Å². The second-order valence-corrected chi connectivity index (χ2v) is 9.21. The molecule has 0 unspecified atom stereocenters. The van der Waals surface area contributed by atoms with Gasteiger partial charge >= 0.3 is 0 Å². The summed E-state index contributed by atoms with van der Waals surface area (Å²) in [4.78, 5) is 22.8. The monoisotopic (exact) mass is 470 g/mol. The van der Waals surface area contributed by atoms with Crippen LogP contribution in [0.1, 0.15) is 54.0 Å². The Morgan fingerprint density at radius 1 is 1.11 bits per heavy atom. The molecule has 8 nitrogen and oxygen atoms in total. The summed E-state index contributed by atoms with van der Waals surface area (Å²) in [6, 6.07) is 12.0. The number of furan rings is 1. The third-order valence-corrected chi connectivity index (χ3v) is 6.31. The smallest absolute Gasteiger partial charge is 0.252 e. The van der Waals surface area contributed by atoms with Crippen LogP contribution in [0.2, 0.25) is 0 Å². The van der Waals surface area contributed by atoms with Gasteiger partial charge in [0.25, 0.3) is 5.91 Å². The Hall–Kier alpha value is -3.94. The average molecular weight is 471 g/mol. The van der Waals surface area contributed by atoms with Gasteiger partial charge < -0.3 is 14.3 Å². The summed E-state index contributed by atoms with van der Waals surface area (Å²) in [6.07, 6.45) is 2.52. The first-order valence-electron chi connectivity index (χ1n) is 12.0. The zero-order valence-electron chi connectivity index (χ0n) is 20.8. The molecule has 0 atom stereocenters. The molecule has 4 heterocycles.